The van der Waals surface area contributed by atoms with Gasteiger partial charge in [0.2, 0.25) is 0 Å². The van der Waals surface area contributed by atoms with Crippen LogP contribution in [-0.2, 0) is 24.4 Å². The first-order chi connectivity index (χ1) is 26.3. The number of ether oxygens (including phenoxy) is 8. The highest BCUT2D eigenvalue weighted by Crippen LogP contribution is 2.57. The van der Waals surface area contributed by atoms with Crippen molar-refractivity contribution in [2.24, 2.45) is 0 Å². The van der Waals surface area contributed by atoms with Crippen LogP contribution in [0.2, 0.25) is 0 Å². The number of hydrogen-bond donors (Lipinski definition) is 0. The van der Waals surface area contributed by atoms with E-state index in [1.54, 1.807) is 107 Å². The minimum atomic E-state index is -1.34. The van der Waals surface area contributed by atoms with Crippen LogP contribution in [0, 0.1) is 0 Å². The number of fused-ring (bicyclic) bond motifs is 3. The van der Waals surface area contributed by atoms with E-state index in [0.29, 0.717) is 11.1 Å². The topological polar surface area (TPSA) is 142 Å². The SMILES string of the molecule is CC(C)(C)OC(=O)Oc1cc(OC(=O)OC(C)(C)C)cc(C2(c3cc(OC(=O)OC(C)(C)C)cc(OC(=O)OC(C)(C)C)c3)c3ccccc3-c3ccccc32)c1. The summed E-state index contributed by atoms with van der Waals surface area (Å²) in [6.45, 7) is 20.4. The molecule has 0 N–H and O–H groups in total. The van der Waals surface area contributed by atoms with Crippen molar-refractivity contribution in [3.8, 4) is 34.1 Å². The second kappa shape index (κ2) is 15.5. The molecular weight excluding hydrogens is 732 g/mol. The van der Waals surface area contributed by atoms with Crippen LogP contribution in [0.15, 0.2) is 84.9 Å². The Morgan fingerprint density at radius 3 is 0.877 bits per heavy atom. The van der Waals surface area contributed by atoms with Crippen molar-refractivity contribution in [3.05, 3.63) is 107 Å². The molecule has 0 heterocycles. The maximum absolute atomic E-state index is 13.1. The lowest BCUT2D eigenvalue weighted by molar-refractivity contribution is 0.0178. The number of carbonyl (C=O) groups excluding carboxylic acids is 4. The van der Waals surface area contributed by atoms with Crippen LogP contribution in [0.25, 0.3) is 11.1 Å². The Bertz CT molecular complexity index is 1920. The molecule has 1 aliphatic rings. The van der Waals surface area contributed by atoms with Gasteiger partial charge in [-0.25, -0.2) is 19.2 Å². The van der Waals surface area contributed by atoms with Crippen LogP contribution in [0.3, 0.4) is 0 Å². The quantitative estimate of drug-likeness (QED) is 0.0918. The first-order valence-corrected chi connectivity index (χ1v) is 18.5. The lowest BCUT2D eigenvalue weighted by Crippen LogP contribution is -2.30. The molecule has 5 rings (SSSR count). The summed E-state index contributed by atoms with van der Waals surface area (Å²) in [5.41, 5.74) is -0.766. The van der Waals surface area contributed by atoms with E-state index in [4.69, 9.17) is 37.9 Å². The highest BCUT2D eigenvalue weighted by Gasteiger charge is 2.47. The van der Waals surface area contributed by atoms with E-state index in [9.17, 15) is 19.2 Å². The van der Waals surface area contributed by atoms with Crippen molar-refractivity contribution in [1.29, 1.82) is 0 Å². The third kappa shape index (κ3) is 10.6. The molecular formula is C45H50O12. The van der Waals surface area contributed by atoms with Crippen LogP contribution in [0.1, 0.15) is 105 Å². The maximum Gasteiger partial charge on any atom is 0.514 e. The lowest BCUT2D eigenvalue weighted by Gasteiger charge is -2.34. The monoisotopic (exact) mass is 782 g/mol. The summed E-state index contributed by atoms with van der Waals surface area (Å²) in [6.07, 6.45) is -3.98. The molecule has 0 spiro atoms. The fraction of sp³-hybridized carbons (Fsp3) is 0.378. The molecule has 0 amide bonds. The average molecular weight is 783 g/mol. The summed E-state index contributed by atoms with van der Waals surface area (Å²) in [4.78, 5) is 52.5. The zero-order valence-electron chi connectivity index (χ0n) is 34.5. The third-order valence-electron chi connectivity index (χ3n) is 7.94. The van der Waals surface area contributed by atoms with Crippen molar-refractivity contribution >= 4 is 24.6 Å². The fourth-order valence-electron chi connectivity index (χ4n) is 6.30. The average Bonchev–Trinajstić information content (AvgIpc) is 3.32. The van der Waals surface area contributed by atoms with Gasteiger partial charge >= 0.3 is 24.6 Å². The first-order valence-electron chi connectivity index (χ1n) is 18.5. The van der Waals surface area contributed by atoms with Crippen LogP contribution in [0.4, 0.5) is 19.2 Å². The van der Waals surface area contributed by atoms with Gasteiger partial charge in [-0.05, 0) is 141 Å². The number of hydrogen-bond acceptors (Lipinski definition) is 12. The van der Waals surface area contributed by atoms with E-state index in [2.05, 4.69) is 0 Å². The van der Waals surface area contributed by atoms with E-state index >= 15 is 0 Å². The molecule has 302 valence electrons. The second-order valence-electron chi connectivity index (χ2n) is 17.5. The zero-order valence-corrected chi connectivity index (χ0v) is 34.5. The Kier molecular flexibility index (Phi) is 11.4. The van der Waals surface area contributed by atoms with Gasteiger partial charge in [-0.2, -0.15) is 0 Å². The van der Waals surface area contributed by atoms with E-state index in [1.165, 1.54) is 12.1 Å². The van der Waals surface area contributed by atoms with Gasteiger partial charge in [0.1, 0.15) is 45.4 Å². The molecule has 0 radical (unpaired) electrons. The van der Waals surface area contributed by atoms with Gasteiger partial charge in [0.15, 0.2) is 0 Å². The summed E-state index contributed by atoms with van der Waals surface area (Å²) in [7, 11) is 0. The highest BCUT2D eigenvalue weighted by atomic mass is 16.8. The van der Waals surface area contributed by atoms with Crippen molar-refractivity contribution in [3.63, 3.8) is 0 Å². The Morgan fingerprint density at radius 2 is 0.632 bits per heavy atom. The van der Waals surface area contributed by atoms with Gasteiger partial charge in [0.25, 0.3) is 0 Å². The number of rotatable bonds is 6. The molecule has 12 heteroatoms. The van der Waals surface area contributed by atoms with E-state index in [0.717, 1.165) is 22.3 Å². The van der Waals surface area contributed by atoms with Gasteiger partial charge in [-0.1, -0.05) is 48.5 Å². The van der Waals surface area contributed by atoms with Crippen LogP contribution < -0.4 is 18.9 Å². The van der Waals surface area contributed by atoms with Crippen molar-refractivity contribution in [1.82, 2.24) is 0 Å². The predicted octanol–water partition coefficient (Wildman–Crippen LogP) is 11.3. The lowest BCUT2D eigenvalue weighted by atomic mass is 9.67. The fourth-order valence-corrected chi connectivity index (χ4v) is 6.30. The van der Waals surface area contributed by atoms with Gasteiger partial charge in [0, 0.05) is 12.1 Å². The largest absolute Gasteiger partial charge is 0.514 e. The minimum Gasteiger partial charge on any atom is -0.428 e. The summed E-state index contributed by atoms with van der Waals surface area (Å²) in [6, 6.07) is 24.6. The highest BCUT2D eigenvalue weighted by molar-refractivity contribution is 5.87. The molecule has 0 atom stereocenters. The molecule has 0 fully saturated rings. The van der Waals surface area contributed by atoms with Crippen molar-refractivity contribution < 1.29 is 57.1 Å². The summed E-state index contributed by atoms with van der Waals surface area (Å²) in [5.74, 6) is -0.0817. The van der Waals surface area contributed by atoms with E-state index in [-0.39, 0.29) is 23.0 Å². The van der Waals surface area contributed by atoms with E-state index < -0.39 is 52.4 Å². The summed E-state index contributed by atoms with van der Waals surface area (Å²) < 4.78 is 44.9. The number of benzene rings is 4. The molecule has 0 bridgehead atoms. The maximum atomic E-state index is 13.1. The Labute approximate surface area is 333 Å². The molecule has 12 nitrogen and oxygen atoms in total. The second-order valence-corrected chi connectivity index (χ2v) is 17.5. The molecule has 0 aromatic heterocycles. The zero-order chi connectivity index (χ0) is 42.1. The van der Waals surface area contributed by atoms with Crippen molar-refractivity contribution in [2.75, 3.05) is 0 Å². The molecule has 57 heavy (non-hydrogen) atoms. The predicted molar refractivity (Wildman–Crippen MR) is 211 cm³/mol. The third-order valence-corrected chi connectivity index (χ3v) is 7.94. The van der Waals surface area contributed by atoms with E-state index in [1.807, 2.05) is 48.5 Å². The van der Waals surface area contributed by atoms with Crippen LogP contribution in [0.5, 0.6) is 23.0 Å². The Balaban J connectivity index is 1.83. The van der Waals surface area contributed by atoms with Gasteiger partial charge in [-0.15, -0.1) is 0 Å². The normalized spacial score (nSPS) is 13.3. The molecule has 0 aliphatic heterocycles. The van der Waals surface area contributed by atoms with Crippen LogP contribution in [-0.4, -0.2) is 47.0 Å². The summed E-state index contributed by atoms with van der Waals surface area (Å²) >= 11 is 0. The van der Waals surface area contributed by atoms with Gasteiger partial charge in [-0.3, -0.25) is 0 Å². The van der Waals surface area contributed by atoms with Gasteiger partial charge < -0.3 is 37.9 Å². The minimum absolute atomic E-state index is 0.0204. The molecule has 0 saturated heterocycles. The molecule has 4 aromatic carbocycles. The molecule has 0 saturated carbocycles. The molecule has 0 unspecified atom stereocenters. The smallest absolute Gasteiger partial charge is 0.428 e. The molecule has 4 aromatic rings. The standard InChI is InChI=1S/C45H50O12/c1-41(2,3)54-37(46)50-29-21-27(22-30(25-29)51-38(47)55-42(4,5)6)45(35-19-15-13-17-33(35)34-18-14-16-20-36(34)45)28-23-31(52-39(48)56-43(7,8)9)26-32(24-28)53-40(49)57-44(10,11)12/h13-26H,1-12H3. The number of carbonyl (C=O) groups is 4. The first kappa shape index (κ1) is 42.1. The Morgan fingerprint density at radius 1 is 0.386 bits per heavy atom. The van der Waals surface area contributed by atoms with Crippen molar-refractivity contribution in [2.45, 2.75) is 111 Å². The molecule has 1 aliphatic carbocycles. The van der Waals surface area contributed by atoms with Crippen LogP contribution >= 0.6 is 0 Å². The van der Waals surface area contributed by atoms with Gasteiger partial charge in [0.05, 0.1) is 5.41 Å². The summed E-state index contributed by atoms with van der Waals surface area (Å²) in [5, 5.41) is 0. The Hall–Kier alpha value is -6.04.